The highest BCUT2D eigenvalue weighted by Gasteiger charge is 2.37. The van der Waals surface area contributed by atoms with Crippen molar-refractivity contribution in [2.45, 2.75) is 19.4 Å². The first-order valence-electron chi connectivity index (χ1n) is 3.46. The lowest BCUT2D eigenvalue weighted by atomic mass is 10.0. The Morgan fingerprint density at radius 3 is 2.73 bits per heavy atom. The Balaban J connectivity index is 2.72. The molecule has 2 atom stereocenters. The molecule has 0 spiro atoms. The molecule has 0 bridgehead atoms. The molecule has 1 aliphatic heterocycles. The maximum atomic E-state index is 11.0. The van der Waals surface area contributed by atoms with Crippen LogP contribution in [-0.4, -0.2) is 24.1 Å². The van der Waals surface area contributed by atoms with Gasteiger partial charge in [0, 0.05) is 6.42 Å². The van der Waals surface area contributed by atoms with Crippen molar-refractivity contribution in [3.05, 3.63) is 0 Å². The van der Waals surface area contributed by atoms with Gasteiger partial charge in [-0.15, -0.1) is 0 Å². The van der Waals surface area contributed by atoms with Crippen LogP contribution in [0.25, 0.3) is 0 Å². The van der Waals surface area contributed by atoms with Gasteiger partial charge in [-0.2, -0.15) is 5.26 Å². The zero-order valence-corrected chi connectivity index (χ0v) is 6.57. The molecule has 0 radical (unpaired) electrons. The third-order valence-electron chi connectivity index (χ3n) is 1.96. The fourth-order valence-electron chi connectivity index (χ4n) is 1.26. The number of hydrogen-bond acceptors (Lipinski definition) is 3. The molecule has 1 aliphatic rings. The number of amides is 1. The molecule has 1 amide bonds. The van der Waals surface area contributed by atoms with Crippen molar-refractivity contribution in [2.75, 3.05) is 7.11 Å². The van der Waals surface area contributed by atoms with Crippen LogP contribution in [0, 0.1) is 17.2 Å². The maximum Gasteiger partial charge on any atom is 0.247 e. The van der Waals surface area contributed by atoms with Gasteiger partial charge in [0.2, 0.25) is 5.91 Å². The lowest BCUT2D eigenvalue weighted by Crippen LogP contribution is -2.31. The van der Waals surface area contributed by atoms with Gasteiger partial charge in [0.05, 0.1) is 25.1 Å². The Morgan fingerprint density at radius 2 is 2.45 bits per heavy atom. The Bertz CT molecular complexity index is 209. The van der Waals surface area contributed by atoms with Gasteiger partial charge in [-0.1, -0.05) is 0 Å². The first-order valence-corrected chi connectivity index (χ1v) is 3.46. The molecule has 1 rings (SSSR count). The third kappa shape index (κ3) is 1.19. The average molecular weight is 154 g/mol. The Labute approximate surface area is 65.3 Å². The quantitative estimate of drug-likeness (QED) is 0.546. The average Bonchev–Trinajstić information content (AvgIpc) is 2.26. The van der Waals surface area contributed by atoms with Gasteiger partial charge < -0.3 is 0 Å². The topological polar surface area (TPSA) is 53.3 Å². The van der Waals surface area contributed by atoms with Crippen molar-refractivity contribution < 1.29 is 9.63 Å². The van der Waals surface area contributed by atoms with Crippen molar-refractivity contribution in [1.29, 1.82) is 5.26 Å². The lowest BCUT2D eigenvalue weighted by molar-refractivity contribution is -0.176. The van der Waals surface area contributed by atoms with Crippen LogP contribution in [0.15, 0.2) is 0 Å². The van der Waals surface area contributed by atoms with Crippen LogP contribution in [0.4, 0.5) is 0 Å². The first-order chi connectivity index (χ1) is 5.20. The minimum absolute atomic E-state index is 0.105. The van der Waals surface area contributed by atoms with E-state index < -0.39 is 0 Å². The molecule has 0 saturated carbocycles. The predicted octanol–water partition coefficient (Wildman–Crippen LogP) is 0.308. The highest BCUT2D eigenvalue weighted by Crippen LogP contribution is 2.23. The van der Waals surface area contributed by atoms with Crippen LogP contribution in [0.5, 0.6) is 0 Å². The van der Waals surface area contributed by atoms with E-state index >= 15 is 0 Å². The molecule has 2 unspecified atom stereocenters. The van der Waals surface area contributed by atoms with Crippen LogP contribution in [0.2, 0.25) is 0 Å². The van der Waals surface area contributed by atoms with Crippen LogP contribution in [0.3, 0.4) is 0 Å². The predicted molar refractivity (Wildman–Crippen MR) is 37.0 cm³/mol. The number of hydrogen-bond donors (Lipinski definition) is 0. The van der Waals surface area contributed by atoms with Gasteiger partial charge in [0.25, 0.3) is 0 Å². The second kappa shape index (κ2) is 2.89. The number of rotatable bonds is 1. The summed E-state index contributed by atoms with van der Waals surface area (Å²) in [6.07, 6.45) is 0.283. The molecule has 0 aromatic heterocycles. The van der Waals surface area contributed by atoms with Gasteiger partial charge >= 0.3 is 0 Å². The zero-order chi connectivity index (χ0) is 8.43. The molecule has 1 heterocycles. The van der Waals surface area contributed by atoms with Crippen molar-refractivity contribution in [3.8, 4) is 6.07 Å². The molecular formula is C7H10N2O2. The highest BCUT2D eigenvalue weighted by molar-refractivity contribution is 5.78. The molecule has 0 aliphatic carbocycles. The van der Waals surface area contributed by atoms with E-state index in [1.807, 2.05) is 6.92 Å². The van der Waals surface area contributed by atoms with Crippen LogP contribution in [0.1, 0.15) is 13.3 Å². The standard InChI is InChI=1S/C7H10N2O2/c1-5-6(4-8)3-7(10)9(5)11-2/h5-6H,3H2,1-2H3. The first kappa shape index (κ1) is 8.02. The number of nitrogens with zero attached hydrogens (tertiary/aromatic N) is 2. The molecule has 0 aromatic rings. The Morgan fingerprint density at radius 1 is 1.82 bits per heavy atom. The number of nitriles is 1. The molecule has 0 aromatic carbocycles. The summed E-state index contributed by atoms with van der Waals surface area (Å²) in [4.78, 5) is 15.8. The van der Waals surface area contributed by atoms with Crippen LogP contribution < -0.4 is 0 Å². The fourth-order valence-corrected chi connectivity index (χ4v) is 1.26. The minimum Gasteiger partial charge on any atom is -0.274 e. The van der Waals surface area contributed by atoms with Crippen molar-refractivity contribution >= 4 is 5.91 Å². The smallest absolute Gasteiger partial charge is 0.247 e. The summed E-state index contributed by atoms with van der Waals surface area (Å²) in [6.45, 7) is 1.81. The molecule has 4 heteroatoms. The normalized spacial score (nSPS) is 30.6. The van der Waals surface area contributed by atoms with E-state index in [2.05, 4.69) is 6.07 Å². The molecule has 4 nitrogen and oxygen atoms in total. The molecule has 1 fully saturated rings. The highest BCUT2D eigenvalue weighted by atomic mass is 16.7. The maximum absolute atomic E-state index is 11.0. The number of carbonyl (C=O) groups excluding carboxylic acids is 1. The summed E-state index contributed by atoms with van der Waals surface area (Å²) >= 11 is 0. The fraction of sp³-hybridized carbons (Fsp3) is 0.714. The van der Waals surface area contributed by atoms with E-state index in [-0.39, 0.29) is 24.3 Å². The summed E-state index contributed by atoms with van der Waals surface area (Å²) in [5.74, 6) is -0.325. The zero-order valence-electron chi connectivity index (χ0n) is 6.57. The Hall–Kier alpha value is -1.08. The summed E-state index contributed by atoms with van der Waals surface area (Å²) in [5.41, 5.74) is 0. The summed E-state index contributed by atoms with van der Waals surface area (Å²) in [7, 11) is 1.44. The number of hydroxylamine groups is 2. The van der Waals surface area contributed by atoms with Gasteiger partial charge in [0.1, 0.15) is 0 Å². The van der Waals surface area contributed by atoms with Crippen LogP contribution in [-0.2, 0) is 9.63 Å². The van der Waals surface area contributed by atoms with Crippen LogP contribution >= 0.6 is 0 Å². The Kier molecular flexibility index (Phi) is 2.11. The van der Waals surface area contributed by atoms with Gasteiger partial charge in [-0.05, 0) is 6.92 Å². The van der Waals surface area contributed by atoms with E-state index in [9.17, 15) is 4.79 Å². The molecule has 1 saturated heterocycles. The van der Waals surface area contributed by atoms with Crippen molar-refractivity contribution in [1.82, 2.24) is 5.06 Å². The van der Waals surface area contributed by atoms with Gasteiger partial charge in [-0.25, -0.2) is 5.06 Å². The SMILES string of the molecule is CON1C(=O)CC(C#N)C1C. The second-order valence-electron chi connectivity index (χ2n) is 2.58. The van der Waals surface area contributed by atoms with Gasteiger partial charge in [-0.3, -0.25) is 9.63 Å². The number of carbonyl (C=O) groups is 1. The minimum atomic E-state index is -0.220. The third-order valence-corrected chi connectivity index (χ3v) is 1.96. The molecule has 0 N–H and O–H groups in total. The van der Waals surface area contributed by atoms with E-state index in [0.717, 1.165) is 0 Å². The molecule has 11 heavy (non-hydrogen) atoms. The molecular weight excluding hydrogens is 144 g/mol. The van der Waals surface area contributed by atoms with Crippen molar-refractivity contribution in [3.63, 3.8) is 0 Å². The summed E-state index contributed by atoms with van der Waals surface area (Å²) in [5, 5.41) is 9.84. The van der Waals surface area contributed by atoms with E-state index in [4.69, 9.17) is 10.1 Å². The van der Waals surface area contributed by atoms with E-state index in [0.29, 0.717) is 0 Å². The van der Waals surface area contributed by atoms with Gasteiger partial charge in [0.15, 0.2) is 0 Å². The summed E-state index contributed by atoms with van der Waals surface area (Å²) in [6, 6.07) is 1.95. The second-order valence-corrected chi connectivity index (χ2v) is 2.58. The van der Waals surface area contributed by atoms with E-state index in [1.165, 1.54) is 12.2 Å². The summed E-state index contributed by atoms with van der Waals surface area (Å²) < 4.78 is 0. The monoisotopic (exact) mass is 154 g/mol. The van der Waals surface area contributed by atoms with E-state index in [1.54, 1.807) is 0 Å². The molecule has 60 valence electrons. The van der Waals surface area contributed by atoms with Crippen molar-refractivity contribution in [2.24, 2.45) is 5.92 Å². The lowest BCUT2D eigenvalue weighted by Gasteiger charge is -2.18. The largest absolute Gasteiger partial charge is 0.274 e.